The van der Waals surface area contributed by atoms with Crippen molar-refractivity contribution in [2.75, 3.05) is 33.7 Å². The standard InChI is InChI=1S/C14H28N2O2/c1-5-8-14(2,13(17)18)11-16-9-6-7-12(16)10-15(3)4/h12H,5-11H2,1-4H3,(H,17,18). The molecule has 0 aromatic carbocycles. The Balaban J connectivity index is 2.65. The first-order valence-corrected chi connectivity index (χ1v) is 7.01. The molecule has 18 heavy (non-hydrogen) atoms. The summed E-state index contributed by atoms with van der Waals surface area (Å²) in [7, 11) is 4.16. The predicted molar refractivity (Wildman–Crippen MR) is 73.8 cm³/mol. The maximum absolute atomic E-state index is 11.5. The van der Waals surface area contributed by atoms with Gasteiger partial charge in [-0.15, -0.1) is 0 Å². The average Bonchev–Trinajstić information content (AvgIpc) is 2.64. The molecule has 1 saturated heterocycles. The van der Waals surface area contributed by atoms with Gasteiger partial charge in [-0.3, -0.25) is 9.69 Å². The fourth-order valence-corrected chi connectivity index (χ4v) is 2.99. The van der Waals surface area contributed by atoms with E-state index in [-0.39, 0.29) is 0 Å². The summed E-state index contributed by atoms with van der Waals surface area (Å²) in [5.74, 6) is -0.653. The van der Waals surface area contributed by atoms with Gasteiger partial charge in [0, 0.05) is 19.1 Å². The molecular weight excluding hydrogens is 228 g/mol. The number of carbonyl (C=O) groups is 1. The first-order chi connectivity index (χ1) is 8.39. The number of carboxylic acid groups (broad SMARTS) is 1. The third kappa shape index (κ3) is 3.95. The van der Waals surface area contributed by atoms with Crippen molar-refractivity contribution in [2.45, 2.75) is 45.6 Å². The largest absolute Gasteiger partial charge is 0.481 e. The lowest BCUT2D eigenvalue weighted by molar-refractivity contribution is -0.149. The van der Waals surface area contributed by atoms with Gasteiger partial charge in [0.05, 0.1) is 5.41 Å². The summed E-state index contributed by atoms with van der Waals surface area (Å²) in [5.41, 5.74) is -0.594. The molecule has 0 aliphatic carbocycles. The quantitative estimate of drug-likeness (QED) is 0.755. The Bertz CT molecular complexity index is 281. The maximum atomic E-state index is 11.5. The number of likely N-dealkylation sites (tertiary alicyclic amines) is 1. The number of hydrogen-bond donors (Lipinski definition) is 1. The minimum absolute atomic E-state index is 0.524. The summed E-state index contributed by atoms with van der Waals surface area (Å²) >= 11 is 0. The van der Waals surface area contributed by atoms with E-state index >= 15 is 0 Å². The lowest BCUT2D eigenvalue weighted by Crippen LogP contribution is -2.46. The molecule has 0 saturated carbocycles. The first-order valence-electron chi connectivity index (χ1n) is 7.01. The molecule has 0 aromatic rings. The molecule has 0 aromatic heterocycles. The van der Waals surface area contributed by atoms with Crippen LogP contribution in [0, 0.1) is 5.41 Å². The van der Waals surface area contributed by atoms with Gasteiger partial charge < -0.3 is 10.0 Å². The molecule has 1 rings (SSSR count). The highest BCUT2D eigenvalue weighted by Crippen LogP contribution is 2.29. The fourth-order valence-electron chi connectivity index (χ4n) is 2.99. The molecule has 1 N–H and O–H groups in total. The van der Waals surface area contributed by atoms with Crippen LogP contribution in [0.15, 0.2) is 0 Å². The molecule has 4 heteroatoms. The predicted octanol–water partition coefficient (Wildman–Crippen LogP) is 1.90. The van der Waals surface area contributed by atoms with Gasteiger partial charge in [-0.25, -0.2) is 0 Å². The Morgan fingerprint density at radius 3 is 2.67 bits per heavy atom. The number of hydrogen-bond acceptors (Lipinski definition) is 3. The van der Waals surface area contributed by atoms with Gasteiger partial charge in [-0.05, 0) is 46.8 Å². The van der Waals surface area contributed by atoms with Crippen molar-refractivity contribution in [3.63, 3.8) is 0 Å². The minimum Gasteiger partial charge on any atom is -0.481 e. The van der Waals surface area contributed by atoms with Gasteiger partial charge in [0.2, 0.25) is 0 Å². The zero-order chi connectivity index (χ0) is 13.8. The van der Waals surface area contributed by atoms with E-state index in [0.29, 0.717) is 12.6 Å². The van der Waals surface area contributed by atoms with Gasteiger partial charge in [-0.2, -0.15) is 0 Å². The Labute approximate surface area is 111 Å². The van der Waals surface area contributed by atoms with Crippen LogP contribution in [0.1, 0.15) is 39.5 Å². The zero-order valence-electron chi connectivity index (χ0n) is 12.3. The van der Waals surface area contributed by atoms with E-state index < -0.39 is 11.4 Å². The van der Waals surface area contributed by atoms with Crippen molar-refractivity contribution in [2.24, 2.45) is 5.41 Å². The molecule has 0 radical (unpaired) electrons. The molecule has 0 amide bonds. The van der Waals surface area contributed by atoms with Crippen molar-refractivity contribution in [1.82, 2.24) is 9.80 Å². The minimum atomic E-state index is -0.653. The van der Waals surface area contributed by atoms with Crippen LogP contribution in [0.2, 0.25) is 0 Å². The van der Waals surface area contributed by atoms with Gasteiger partial charge in [0.15, 0.2) is 0 Å². The summed E-state index contributed by atoms with van der Waals surface area (Å²) in [6.45, 7) is 6.72. The van der Waals surface area contributed by atoms with Gasteiger partial charge in [0.25, 0.3) is 0 Å². The Morgan fingerprint density at radius 1 is 1.50 bits per heavy atom. The maximum Gasteiger partial charge on any atom is 0.310 e. The first kappa shape index (κ1) is 15.4. The SMILES string of the molecule is CCCC(C)(CN1CCCC1CN(C)C)C(=O)O. The molecule has 0 bridgehead atoms. The van der Waals surface area contributed by atoms with Crippen molar-refractivity contribution in [1.29, 1.82) is 0 Å². The van der Waals surface area contributed by atoms with E-state index in [1.165, 1.54) is 12.8 Å². The topological polar surface area (TPSA) is 43.8 Å². The van der Waals surface area contributed by atoms with Crippen LogP contribution >= 0.6 is 0 Å². The molecule has 1 aliphatic rings. The van der Waals surface area contributed by atoms with Crippen molar-refractivity contribution in [3.05, 3.63) is 0 Å². The Hall–Kier alpha value is -0.610. The number of rotatable bonds is 7. The second-order valence-electron chi connectivity index (χ2n) is 6.14. The summed E-state index contributed by atoms with van der Waals surface area (Å²) in [6, 6.07) is 0.524. The third-order valence-corrected chi connectivity index (χ3v) is 3.95. The van der Waals surface area contributed by atoms with Crippen LogP contribution in [0.3, 0.4) is 0 Å². The van der Waals surface area contributed by atoms with Crippen LogP contribution in [-0.2, 0) is 4.79 Å². The Kier molecular flexibility index (Phi) is 5.60. The van der Waals surface area contributed by atoms with E-state index in [4.69, 9.17) is 0 Å². The molecule has 1 fully saturated rings. The molecule has 1 aliphatic heterocycles. The number of nitrogens with zero attached hydrogens (tertiary/aromatic N) is 2. The van der Waals surface area contributed by atoms with Crippen molar-refractivity contribution < 1.29 is 9.90 Å². The van der Waals surface area contributed by atoms with Crippen LogP contribution in [-0.4, -0.2) is 60.6 Å². The molecule has 1 heterocycles. The van der Waals surface area contributed by atoms with Crippen LogP contribution in [0.4, 0.5) is 0 Å². The highest BCUT2D eigenvalue weighted by molar-refractivity contribution is 5.74. The molecular formula is C14H28N2O2. The summed E-state index contributed by atoms with van der Waals surface area (Å²) in [5, 5.41) is 9.46. The number of carboxylic acids is 1. The molecule has 106 valence electrons. The van der Waals surface area contributed by atoms with Crippen molar-refractivity contribution in [3.8, 4) is 0 Å². The molecule has 4 nitrogen and oxygen atoms in total. The molecule has 2 atom stereocenters. The average molecular weight is 256 g/mol. The smallest absolute Gasteiger partial charge is 0.310 e. The van der Waals surface area contributed by atoms with E-state index in [1.54, 1.807) is 0 Å². The van der Waals surface area contributed by atoms with Gasteiger partial charge in [0.1, 0.15) is 0 Å². The monoisotopic (exact) mass is 256 g/mol. The normalized spacial score (nSPS) is 24.4. The van der Waals surface area contributed by atoms with Crippen LogP contribution in [0.5, 0.6) is 0 Å². The summed E-state index contributed by atoms with van der Waals surface area (Å²) < 4.78 is 0. The lowest BCUT2D eigenvalue weighted by Gasteiger charge is -2.34. The highest BCUT2D eigenvalue weighted by Gasteiger charge is 2.37. The second kappa shape index (κ2) is 6.53. The zero-order valence-corrected chi connectivity index (χ0v) is 12.3. The summed E-state index contributed by atoms with van der Waals surface area (Å²) in [6.07, 6.45) is 4.07. The molecule has 0 spiro atoms. The highest BCUT2D eigenvalue weighted by atomic mass is 16.4. The van der Waals surface area contributed by atoms with Gasteiger partial charge >= 0.3 is 5.97 Å². The van der Waals surface area contributed by atoms with Crippen molar-refractivity contribution >= 4 is 5.97 Å². The van der Waals surface area contributed by atoms with E-state index in [1.807, 2.05) is 6.92 Å². The second-order valence-corrected chi connectivity index (χ2v) is 6.14. The Morgan fingerprint density at radius 2 is 2.17 bits per heavy atom. The van der Waals surface area contributed by atoms with Gasteiger partial charge in [-0.1, -0.05) is 13.3 Å². The van der Waals surface area contributed by atoms with Crippen LogP contribution < -0.4 is 0 Å². The molecule has 2 unspecified atom stereocenters. The summed E-state index contributed by atoms with van der Waals surface area (Å²) in [4.78, 5) is 16.1. The lowest BCUT2D eigenvalue weighted by atomic mass is 9.85. The van der Waals surface area contributed by atoms with E-state index in [2.05, 4.69) is 30.8 Å². The fraction of sp³-hybridized carbons (Fsp3) is 0.929. The number of likely N-dealkylation sites (N-methyl/N-ethyl adjacent to an activating group) is 1. The third-order valence-electron chi connectivity index (χ3n) is 3.95. The number of aliphatic carboxylic acids is 1. The van der Waals surface area contributed by atoms with E-state index in [0.717, 1.165) is 25.9 Å². The van der Waals surface area contributed by atoms with E-state index in [9.17, 15) is 9.90 Å². The van der Waals surface area contributed by atoms with Crippen LogP contribution in [0.25, 0.3) is 0 Å².